The van der Waals surface area contributed by atoms with E-state index in [0.29, 0.717) is 6.54 Å². The molecular formula is C9H12N4O. The summed E-state index contributed by atoms with van der Waals surface area (Å²) in [6.07, 6.45) is 5.17. The summed E-state index contributed by atoms with van der Waals surface area (Å²) in [6, 6.07) is 1.82. The summed E-state index contributed by atoms with van der Waals surface area (Å²) in [5.74, 6) is 0. The maximum absolute atomic E-state index is 5.67. The highest BCUT2D eigenvalue weighted by molar-refractivity contribution is 5.06. The van der Waals surface area contributed by atoms with Gasteiger partial charge in [0, 0.05) is 11.6 Å². The molecule has 1 atom stereocenters. The van der Waals surface area contributed by atoms with E-state index >= 15 is 0 Å². The smallest absolute Gasteiger partial charge is 0.0991 e. The third-order valence-corrected chi connectivity index (χ3v) is 1.95. The molecule has 0 aliphatic rings. The van der Waals surface area contributed by atoms with Crippen molar-refractivity contribution < 1.29 is 4.42 Å². The molecule has 0 saturated carbocycles. The molecule has 5 nitrogen and oxygen atoms in total. The van der Waals surface area contributed by atoms with Gasteiger partial charge in [-0.2, -0.15) is 0 Å². The number of nitrogens with two attached hydrogens (primary N) is 1. The summed E-state index contributed by atoms with van der Waals surface area (Å²) in [4.78, 5) is 0. The number of hydrogen-bond acceptors (Lipinski definition) is 4. The van der Waals surface area contributed by atoms with Gasteiger partial charge in [0.25, 0.3) is 0 Å². The topological polar surface area (TPSA) is 69.9 Å². The molecular weight excluding hydrogens is 180 g/mol. The second kappa shape index (κ2) is 3.63. The van der Waals surface area contributed by atoms with Crippen molar-refractivity contribution in [2.45, 2.75) is 19.5 Å². The van der Waals surface area contributed by atoms with Crippen molar-refractivity contribution in [1.82, 2.24) is 15.0 Å². The predicted octanol–water partition coefficient (Wildman–Crippen LogP) is 0.939. The van der Waals surface area contributed by atoms with E-state index in [2.05, 4.69) is 10.3 Å². The van der Waals surface area contributed by atoms with Crippen LogP contribution in [0.2, 0.25) is 0 Å². The van der Waals surface area contributed by atoms with E-state index in [0.717, 1.165) is 11.3 Å². The molecule has 0 bridgehead atoms. The zero-order valence-electron chi connectivity index (χ0n) is 7.92. The number of aromatic nitrogens is 3. The Labute approximate surface area is 81.5 Å². The summed E-state index contributed by atoms with van der Waals surface area (Å²) in [5, 5.41) is 7.91. The summed E-state index contributed by atoms with van der Waals surface area (Å²) in [6.45, 7) is 2.54. The fourth-order valence-corrected chi connectivity index (χ4v) is 1.17. The van der Waals surface area contributed by atoms with Gasteiger partial charge < -0.3 is 10.2 Å². The predicted molar refractivity (Wildman–Crippen MR) is 50.4 cm³/mol. The van der Waals surface area contributed by atoms with Gasteiger partial charge in [-0.05, 0) is 13.0 Å². The largest absolute Gasteiger partial charge is 0.472 e. The van der Waals surface area contributed by atoms with Crippen LogP contribution in [0.4, 0.5) is 0 Å². The fourth-order valence-electron chi connectivity index (χ4n) is 1.17. The Morgan fingerprint density at radius 3 is 3.07 bits per heavy atom. The van der Waals surface area contributed by atoms with Gasteiger partial charge in [-0.25, -0.2) is 4.68 Å². The molecule has 2 rings (SSSR count). The van der Waals surface area contributed by atoms with Gasteiger partial charge in [-0.15, -0.1) is 5.10 Å². The minimum Gasteiger partial charge on any atom is -0.472 e. The number of furan rings is 1. The summed E-state index contributed by atoms with van der Waals surface area (Å²) >= 11 is 0. The first-order valence-corrected chi connectivity index (χ1v) is 4.42. The third kappa shape index (κ3) is 1.82. The molecule has 0 spiro atoms. The minimum atomic E-state index is -0.0758. The molecule has 2 aromatic rings. The maximum Gasteiger partial charge on any atom is 0.0991 e. The van der Waals surface area contributed by atoms with Crippen LogP contribution in [0.3, 0.4) is 0 Å². The van der Waals surface area contributed by atoms with Crippen LogP contribution in [0.15, 0.2) is 29.2 Å². The second-order valence-corrected chi connectivity index (χ2v) is 3.26. The molecule has 0 aromatic carbocycles. The van der Waals surface area contributed by atoms with E-state index in [-0.39, 0.29) is 6.04 Å². The van der Waals surface area contributed by atoms with Crippen molar-refractivity contribution in [3.8, 4) is 0 Å². The molecule has 14 heavy (non-hydrogen) atoms. The van der Waals surface area contributed by atoms with Crippen molar-refractivity contribution in [1.29, 1.82) is 0 Å². The highest BCUT2D eigenvalue weighted by Crippen LogP contribution is 2.06. The van der Waals surface area contributed by atoms with Crippen LogP contribution in [0, 0.1) is 0 Å². The quantitative estimate of drug-likeness (QED) is 0.785. The monoisotopic (exact) mass is 192 g/mol. The lowest BCUT2D eigenvalue weighted by Crippen LogP contribution is -2.05. The fraction of sp³-hybridized carbons (Fsp3) is 0.333. The average Bonchev–Trinajstić information content (AvgIpc) is 2.75. The SMILES string of the molecule is CC(N)c1cn(Cc2ccoc2)nn1. The first kappa shape index (κ1) is 8.96. The van der Waals surface area contributed by atoms with Crippen molar-refractivity contribution in [2.24, 2.45) is 5.73 Å². The molecule has 2 heterocycles. The van der Waals surface area contributed by atoms with E-state index in [1.165, 1.54) is 0 Å². The first-order chi connectivity index (χ1) is 6.75. The van der Waals surface area contributed by atoms with Crippen molar-refractivity contribution in [2.75, 3.05) is 0 Å². The zero-order chi connectivity index (χ0) is 9.97. The maximum atomic E-state index is 5.67. The van der Waals surface area contributed by atoms with Crippen LogP contribution in [-0.2, 0) is 6.54 Å². The van der Waals surface area contributed by atoms with Gasteiger partial charge in [-0.1, -0.05) is 5.21 Å². The lowest BCUT2D eigenvalue weighted by atomic mass is 10.3. The van der Waals surface area contributed by atoms with Crippen LogP contribution in [0.5, 0.6) is 0 Å². The highest BCUT2D eigenvalue weighted by Gasteiger charge is 2.05. The average molecular weight is 192 g/mol. The molecule has 74 valence electrons. The van der Waals surface area contributed by atoms with Crippen LogP contribution < -0.4 is 5.73 Å². The molecule has 0 saturated heterocycles. The molecule has 0 aliphatic carbocycles. The summed E-state index contributed by atoms with van der Waals surface area (Å²) < 4.78 is 6.69. The van der Waals surface area contributed by atoms with Gasteiger partial charge >= 0.3 is 0 Å². The molecule has 0 radical (unpaired) electrons. The Morgan fingerprint density at radius 2 is 2.50 bits per heavy atom. The number of hydrogen-bond donors (Lipinski definition) is 1. The van der Waals surface area contributed by atoms with Gasteiger partial charge in [0.1, 0.15) is 0 Å². The Bertz CT molecular complexity index is 391. The Morgan fingerprint density at radius 1 is 1.64 bits per heavy atom. The Kier molecular flexibility index (Phi) is 2.32. The van der Waals surface area contributed by atoms with E-state index in [4.69, 9.17) is 10.2 Å². The molecule has 5 heteroatoms. The zero-order valence-corrected chi connectivity index (χ0v) is 7.92. The van der Waals surface area contributed by atoms with Gasteiger partial charge in [0.2, 0.25) is 0 Å². The van der Waals surface area contributed by atoms with Crippen molar-refractivity contribution in [3.05, 3.63) is 36.0 Å². The van der Waals surface area contributed by atoms with E-state index < -0.39 is 0 Å². The molecule has 0 aliphatic heterocycles. The minimum absolute atomic E-state index is 0.0758. The lowest BCUT2D eigenvalue weighted by Gasteiger charge is -1.96. The third-order valence-electron chi connectivity index (χ3n) is 1.95. The first-order valence-electron chi connectivity index (χ1n) is 4.42. The van der Waals surface area contributed by atoms with Crippen molar-refractivity contribution >= 4 is 0 Å². The Hall–Kier alpha value is -1.62. The highest BCUT2D eigenvalue weighted by atomic mass is 16.3. The lowest BCUT2D eigenvalue weighted by molar-refractivity contribution is 0.558. The summed E-state index contributed by atoms with van der Waals surface area (Å²) in [7, 11) is 0. The van der Waals surface area contributed by atoms with Crippen LogP contribution >= 0.6 is 0 Å². The molecule has 1 unspecified atom stereocenters. The molecule has 0 fully saturated rings. The van der Waals surface area contributed by atoms with E-state index in [1.54, 1.807) is 17.2 Å². The van der Waals surface area contributed by atoms with Crippen LogP contribution in [-0.4, -0.2) is 15.0 Å². The molecule has 2 N–H and O–H groups in total. The van der Waals surface area contributed by atoms with Crippen LogP contribution in [0.25, 0.3) is 0 Å². The van der Waals surface area contributed by atoms with Crippen LogP contribution in [0.1, 0.15) is 24.2 Å². The van der Waals surface area contributed by atoms with Gasteiger partial charge in [-0.3, -0.25) is 0 Å². The van der Waals surface area contributed by atoms with E-state index in [1.807, 2.05) is 19.2 Å². The number of rotatable bonds is 3. The standard InChI is InChI=1S/C9H12N4O/c1-7(10)9-5-13(12-11-9)4-8-2-3-14-6-8/h2-3,5-7H,4,10H2,1H3. The van der Waals surface area contributed by atoms with E-state index in [9.17, 15) is 0 Å². The second-order valence-electron chi connectivity index (χ2n) is 3.26. The Balaban J connectivity index is 2.11. The summed E-state index contributed by atoms with van der Waals surface area (Å²) in [5.41, 5.74) is 7.53. The van der Waals surface area contributed by atoms with Gasteiger partial charge in [0.15, 0.2) is 0 Å². The van der Waals surface area contributed by atoms with Crippen molar-refractivity contribution in [3.63, 3.8) is 0 Å². The molecule has 2 aromatic heterocycles. The number of nitrogens with zero attached hydrogens (tertiary/aromatic N) is 3. The molecule has 0 amide bonds. The van der Waals surface area contributed by atoms with Gasteiger partial charge in [0.05, 0.1) is 31.0 Å². The normalized spacial score (nSPS) is 13.0.